The summed E-state index contributed by atoms with van der Waals surface area (Å²) < 4.78 is 4.91. The van der Waals surface area contributed by atoms with Gasteiger partial charge in [0.25, 0.3) is 11.6 Å². The van der Waals surface area contributed by atoms with Gasteiger partial charge in [-0.15, -0.1) is 0 Å². The molecule has 1 aliphatic heterocycles. The van der Waals surface area contributed by atoms with Gasteiger partial charge >= 0.3 is 12.0 Å². The second-order valence-electron chi connectivity index (χ2n) is 7.30. The Morgan fingerprint density at radius 2 is 1.75 bits per heavy atom. The highest BCUT2D eigenvalue weighted by Crippen LogP contribution is 2.31. The monoisotopic (exact) mass is 440 g/mol. The van der Waals surface area contributed by atoms with Crippen molar-refractivity contribution in [1.29, 1.82) is 0 Å². The average molecular weight is 440 g/mol. The van der Waals surface area contributed by atoms with Crippen molar-refractivity contribution >= 4 is 29.3 Å². The number of nitrogens with zero attached hydrogens (tertiary/aromatic N) is 2. The van der Waals surface area contributed by atoms with Crippen molar-refractivity contribution in [2.24, 2.45) is 0 Å². The van der Waals surface area contributed by atoms with Gasteiger partial charge in [-0.2, -0.15) is 0 Å². The van der Waals surface area contributed by atoms with E-state index in [9.17, 15) is 24.5 Å². The summed E-state index contributed by atoms with van der Waals surface area (Å²) in [5, 5.41) is 16.1. The number of urea groups is 1. The Morgan fingerprint density at radius 1 is 1.03 bits per heavy atom. The molecule has 168 valence electrons. The molecule has 0 atom stereocenters. The van der Waals surface area contributed by atoms with Crippen LogP contribution in [0, 0.1) is 10.1 Å². The molecule has 32 heavy (non-hydrogen) atoms. The molecular formula is C22H24N4O6. The lowest BCUT2D eigenvalue weighted by Gasteiger charge is -2.28. The predicted molar refractivity (Wildman–Crippen MR) is 116 cm³/mol. The van der Waals surface area contributed by atoms with Crippen LogP contribution in [0.25, 0.3) is 0 Å². The molecule has 2 N–H and O–H groups in total. The number of piperidine rings is 1. The lowest BCUT2D eigenvalue weighted by molar-refractivity contribution is -0.384. The molecule has 1 saturated heterocycles. The zero-order valence-corrected chi connectivity index (χ0v) is 17.4. The Kier molecular flexibility index (Phi) is 7.74. The molecule has 1 aliphatic rings. The molecule has 2 aromatic carbocycles. The summed E-state index contributed by atoms with van der Waals surface area (Å²) in [5.74, 6) is -1.71. The lowest BCUT2D eigenvalue weighted by atomic mass is 10.1. The van der Waals surface area contributed by atoms with E-state index in [1.165, 1.54) is 12.1 Å². The highest BCUT2D eigenvalue weighted by atomic mass is 16.6. The first-order chi connectivity index (χ1) is 15.4. The minimum Gasteiger partial charge on any atom is -0.452 e. The van der Waals surface area contributed by atoms with Gasteiger partial charge in [0.2, 0.25) is 0 Å². The molecule has 0 unspecified atom stereocenters. The quantitative estimate of drug-likeness (QED) is 0.384. The molecule has 3 rings (SSSR count). The molecule has 0 saturated carbocycles. The summed E-state index contributed by atoms with van der Waals surface area (Å²) in [6.07, 6.45) is 2.99. The summed E-state index contributed by atoms with van der Waals surface area (Å²) >= 11 is 0. The summed E-state index contributed by atoms with van der Waals surface area (Å²) in [5.41, 5.74) is 1.08. The fourth-order valence-corrected chi connectivity index (χ4v) is 3.40. The van der Waals surface area contributed by atoms with Crippen LogP contribution < -0.4 is 15.5 Å². The second kappa shape index (κ2) is 10.9. The van der Waals surface area contributed by atoms with Gasteiger partial charge < -0.3 is 15.0 Å². The first-order valence-electron chi connectivity index (χ1n) is 10.3. The fraction of sp³-hybridized carbons (Fsp3) is 0.318. The number of nitrogens with one attached hydrogen (secondary N) is 2. The van der Waals surface area contributed by atoms with E-state index in [1.807, 2.05) is 35.2 Å². The summed E-state index contributed by atoms with van der Waals surface area (Å²) in [4.78, 5) is 48.8. The molecular weight excluding hydrogens is 416 g/mol. The third-order valence-corrected chi connectivity index (χ3v) is 4.99. The third kappa shape index (κ3) is 6.27. The number of esters is 1. The van der Waals surface area contributed by atoms with E-state index in [4.69, 9.17) is 4.74 Å². The zero-order chi connectivity index (χ0) is 22.9. The average Bonchev–Trinajstić information content (AvgIpc) is 2.82. The molecule has 0 spiro atoms. The van der Waals surface area contributed by atoms with Gasteiger partial charge in [-0.1, -0.05) is 30.3 Å². The normalized spacial score (nSPS) is 13.2. The molecule has 1 heterocycles. The summed E-state index contributed by atoms with van der Waals surface area (Å²) in [6, 6.07) is 12.5. The van der Waals surface area contributed by atoms with Crippen LogP contribution in [-0.4, -0.2) is 42.5 Å². The molecule has 0 aliphatic carbocycles. The Labute approximate surface area is 184 Å². The SMILES string of the molecule is O=C(COC(=O)c1ccc(N2CCCCC2)c([N+](=O)[O-])c1)NC(=O)NCc1ccccc1. The number of anilines is 1. The highest BCUT2D eigenvalue weighted by Gasteiger charge is 2.24. The minimum atomic E-state index is -0.891. The molecule has 10 heteroatoms. The van der Waals surface area contributed by atoms with Crippen LogP contribution in [-0.2, 0) is 16.1 Å². The van der Waals surface area contributed by atoms with Crippen LogP contribution in [0.3, 0.4) is 0 Å². The van der Waals surface area contributed by atoms with E-state index in [0.29, 0.717) is 5.69 Å². The number of carbonyl (C=O) groups excluding carboxylic acids is 3. The van der Waals surface area contributed by atoms with Gasteiger partial charge in [-0.3, -0.25) is 20.2 Å². The minimum absolute atomic E-state index is 0.0428. The summed E-state index contributed by atoms with van der Waals surface area (Å²) in [7, 11) is 0. The molecule has 1 fully saturated rings. The van der Waals surface area contributed by atoms with Crippen LogP contribution in [0.15, 0.2) is 48.5 Å². The fourth-order valence-electron chi connectivity index (χ4n) is 3.40. The maximum Gasteiger partial charge on any atom is 0.338 e. The number of amides is 3. The molecule has 2 aromatic rings. The van der Waals surface area contributed by atoms with E-state index in [0.717, 1.165) is 44.0 Å². The van der Waals surface area contributed by atoms with Crippen molar-refractivity contribution < 1.29 is 24.0 Å². The van der Waals surface area contributed by atoms with Crippen LogP contribution in [0.5, 0.6) is 0 Å². The van der Waals surface area contributed by atoms with E-state index in [1.54, 1.807) is 0 Å². The number of rotatable bonds is 7. The smallest absolute Gasteiger partial charge is 0.338 e. The first kappa shape index (κ1) is 22.7. The maximum atomic E-state index is 12.3. The maximum absolute atomic E-state index is 12.3. The standard InChI is InChI=1S/C22H24N4O6/c27-20(24-22(29)23-14-16-7-3-1-4-8-16)15-32-21(28)17-9-10-18(19(13-17)26(30)31)25-11-5-2-6-12-25/h1,3-4,7-10,13H,2,5-6,11-12,14-15H2,(H2,23,24,27,29). The number of benzene rings is 2. The van der Waals surface area contributed by atoms with Crippen LogP contribution in [0.2, 0.25) is 0 Å². The first-order valence-corrected chi connectivity index (χ1v) is 10.3. The van der Waals surface area contributed by atoms with Crippen LogP contribution in [0.1, 0.15) is 35.2 Å². The van der Waals surface area contributed by atoms with E-state index in [2.05, 4.69) is 10.6 Å². The Bertz CT molecular complexity index is 989. The Morgan fingerprint density at radius 3 is 2.44 bits per heavy atom. The predicted octanol–water partition coefficient (Wildman–Crippen LogP) is 2.77. The lowest BCUT2D eigenvalue weighted by Crippen LogP contribution is -2.41. The number of nitro groups is 1. The van der Waals surface area contributed by atoms with Crippen LogP contribution in [0.4, 0.5) is 16.2 Å². The van der Waals surface area contributed by atoms with Gasteiger partial charge in [0.05, 0.1) is 10.5 Å². The van der Waals surface area contributed by atoms with Gasteiger partial charge in [-0.05, 0) is 37.0 Å². The van der Waals surface area contributed by atoms with Crippen molar-refractivity contribution in [3.8, 4) is 0 Å². The van der Waals surface area contributed by atoms with E-state index >= 15 is 0 Å². The van der Waals surface area contributed by atoms with Crippen molar-refractivity contribution in [1.82, 2.24) is 10.6 Å². The molecule has 10 nitrogen and oxygen atoms in total. The number of hydrogen-bond acceptors (Lipinski definition) is 7. The van der Waals surface area contributed by atoms with Gasteiger partial charge in [0.15, 0.2) is 6.61 Å². The number of carbonyl (C=O) groups is 3. The van der Waals surface area contributed by atoms with Crippen molar-refractivity contribution in [2.45, 2.75) is 25.8 Å². The zero-order valence-electron chi connectivity index (χ0n) is 17.4. The van der Waals surface area contributed by atoms with Crippen molar-refractivity contribution in [2.75, 3.05) is 24.6 Å². The molecule has 0 aromatic heterocycles. The number of ether oxygens (including phenoxy) is 1. The largest absolute Gasteiger partial charge is 0.452 e. The van der Waals surface area contributed by atoms with Crippen molar-refractivity contribution in [3.05, 3.63) is 69.8 Å². The number of imide groups is 1. The highest BCUT2D eigenvalue weighted by molar-refractivity contribution is 5.97. The summed E-state index contributed by atoms with van der Waals surface area (Å²) in [6.45, 7) is 0.973. The molecule has 0 radical (unpaired) electrons. The number of hydrogen-bond donors (Lipinski definition) is 2. The Balaban J connectivity index is 1.52. The Hall–Kier alpha value is -3.95. The molecule has 0 bridgehead atoms. The van der Waals surface area contributed by atoms with Gasteiger partial charge in [0, 0.05) is 25.7 Å². The second-order valence-corrected chi connectivity index (χ2v) is 7.30. The number of nitro benzene ring substituents is 1. The van der Waals surface area contributed by atoms with Crippen LogP contribution >= 0.6 is 0 Å². The van der Waals surface area contributed by atoms with E-state index < -0.39 is 29.4 Å². The topological polar surface area (TPSA) is 131 Å². The van der Waals surface area contributed by atoms with Crippen molar-refractivity contribution in [3.63, 3.8) is 0 Å². The third-order valence-electron chi connectivity index (χ3n) is 4.99. The van der Waals surface area contributed by atoms with Gasteiger partial charge in [0.1, 0.15) is 5.69 Å². The van der Waals surface area contributed by atoms with E-state index in [-0.39, 0.29) is 17.8 Å². The van der Waals surface area contributed by atoms with Gasteiger partial charge in [-0.25, -0.2) is 9.59 Å². The molecule has 3 amide bonds.